The highest BCUT2D eigenvalue weighted by atomic mass is 32.2. The average Bonchev–Trinajstić information content (AvgIpc) is 2.67. The van der Waals surface area contributed by atoms with Crippen LogP contribution in [0.1, 0.15) is 70.4 Å². The van der Waals surface area contributed by atoms with Gasteiger partial charge in [0.1, 0.15) is 16.4 Å². The summed E-state index contributed by atoms with van der Waals surface area (Å²) in [4.78, 5) is 17.3. The van der Waals surface area contributed by atoms with Gasteiger partial charge in [-0.05, 0) is 52.7 Å². The van der Waals surface area contributed by atoms with Gasteiger partial charge in [0.2, 0.25) is 0 Å². The van der Waals surface area contributed by atoms with Crippen LogP contribution < -0.4 is 10.3 Å². The van der Waals surface area contributed by atoms with Crippen molar-refractivity contribution in [2.24, 2.45) is 0 Å². The minimum absolute atomic E-state index is 0.0252. The number of nitrogens with zero attached hydrogens (tertiary/aromatic N) is 2. The fourth-order valence-electron chi connectivity index (χ4n) is 3.47. The molecular weight excluding hydrogens is 419 g/mol. The summed E-state index contributed by atoms with van der Waals surface area (Å²) in [6.45, 7) is 4.72. The van der Waals surface area contributed by atoms with E-state index in [0.717, 1.165) is 6.07 Å². The van der Waals surface area contributed by atoms with Gasteiger partial charge in [0.15, 0.2) is 0 Å². The van der Waals surface area contributed by atoms with E-state index in [-0.39, 0.29) is 22.6 Å². The molecule has 2 heterocycles. The molecule has 1 N–H and O–H groups in total. The highest BCUT2D eigenvalue weighted by molar-refractivity contribution is 7.90. The van der Waals surface area contributed by atoms with Crippen LogP contribution in [-0.2, 0) is 16.1 Å². The lowest BCUT2D eigenvalue weighted by Gasteiger charge is -2.27. The first kappa shape index (κ1) is 23.1. The van der Waals surface area contributed by atoms with Gasteiger partial charge < -0.3 is 9.29 Å². The van der Waals surface area contributed by atoms with E-state index in [1.54, 1.807) is 27.7 Å². The van der Waals surface area contributed by atoms with Gasteiger partial charge in [-0.1, -0.05) is 0 Å². The summed E-state index contributed by atoms with van der Waals surface area (Å²) < 4.78 is 62.4. The zero-order valence-electron chi connectivity index (χ0n) is 17.4. The fourth-order valence-corrected chi connectivity index (χ4v) is 4.28. The molecule has 1 saturated heterocycles. The molecule has 0 aliphatic carbocycles. The number of alkyl halides is 2. The first-order valence-electron chi connectivity index (χ1n) is 9.80. The van der Waals surface area contributed by atoms with Gasteiger partial charge in [-0.2, -0.15) is 8.78 Å². The zero-order valence-corrected chi connectivity index (χ0v) is 18.2. The van der Waals surface area contributed by atoms with Crippen LogP contribution in [0.4, 0.5) is 13.2 Å². The SMILES string of the molecule is C[C@@H](N[S@+]([O-])C(C)(C)C)c1cc(F)cc2c(=O)n(C(F)F)c(C3CCOCC3)nc12. The van der Waals surface area contributed by atoms with Gasteiger partial charge in [-0.15, -0.1) is 4.72 Å². The molecule has 1 aromatic carbocycles. The second kappa shape index (κ2) is 8.86. The summed E-state index contributed by atoms with van der Waals surface area (Å²) in [6.07, 6.45) is 0.923. The van der Waals surface area contributed by atoms with Gasteiger partial charge >= 0.3 is 6.55 Å². The highest BCUT2D eigenvalue weighted by Gasteiger charge is 2.31. The van der Waals surface area contributed by atoms with Crippen LogP contribution in [0.3, 0.4) is 0 Å². The number of nitrogens with one attached hydrogen (secondary N) is 1. The van der Waals surface area contributed by atoms with Crippen LogP contribution in [0, 0.1) is 5.82 Å². The number of aromatic nitrogens is 2. The quantitative estimate of drug-likeness (QED) is 0.706. The largest absolute Gasteiger partial charge is 0.598 e. The Morgan fingerprint density at radius 1 is 1.30 bits per heavy atom. The van der Waals surface area contributed by atoms with Crippen LogP contribution in [0.25, 0.3) is 10.9 Å². The Labute approximate surface area is 176 Å². The van der Waals surface area contributed by atoms with Gasteiger partial charge in [-0.25, -0.2) is 13.9 Å². The van der Waals surface area contributed by atoms with Crippen molar-refractivity contribution in [1.82, 2.24) is 14.3 Å². The zero-order chi connectivity index (χ0) is 22.2. The number of ether oxygens (including phenoxy) is 1. The topological polar surface area (TPSA) is 79.2 Å². The van der Waals surface area contributed by atoms with Crippen molar-refractivity contribution in [1.29, 1.82) is 0 Å². The Balaban J connectivity index is 2.19. The lowest BCUT2D eigenvalue weighted by Crippen LogP contribution is -2.40. The Morgan fingerprint density at radius 3 is 2.50 bits per heavy atom. The van der Waals surface area contributed by atoms with E-state index in [2.05, 4.69) is 9.71 Å². The molecule has 0 amide bonds. The van der Waals surface area contributed by atoms with Crippen molar-refractivity contribution >= 4 is 22.3 Å². The monoisotopic (exact) mass is 445 g/mol. The molecule has 1 aliphatic heterocycles. The minimum Gasteiger partial charge on any atom is -0.598 e. The van der Waals surface area contributed by atoms with Gasteiger partial charge in [-0.3, -0.25) is 4.79 Å². The average molecular weight is 446 g/mol. The highest BCUT2D eigenvalue weighted by Crippen LogP contribution is 2.31. The maximum atomic E-state index is 14.3. The lowest BCUT2D eigenvalue weighted by atomic mass is 9.98. The molecule has 166 valence electrons. The third-order valence-electron chi connectivity index (χ3n) is 5.11. The van der Waals surface area contributed by atoms with Crippen molar-refractivity contribution in [3.63, 3.8) is 0 Å². The normalized spacial score (nSPS) is 18.2. The maximum Gasteiger partial charge on any atom is 0.322 e. The summed E-state index contributed by atoms with van der Waals surface area (Å²) in [5.41, 5.74) is -0.540. The molecule has 0 bridgehead atoms. The van der Waals surface area contributed by atoms with E-state index in [0.29, 0.717) is 36.2 Å². The first-order valence-corrected chi connectivity index (χ1v) is 10.9. The van der Waals surface area contributed by atoms with Crippen molar-refractivity contribution in [2.75, 3.05) is 13.2 Å². The van der Waals surface area contributed by atoms with E-state index in [1.165, 1.54) is 6.07 Å². The maximum absolute atomic E-state index is 14.3. The van der Waals surface area contributed by atoms with Crippen LogP contribution in [0.5, 0.6) is 0 Å². The first-order chi connectivity index (χ1) is 14.0. The Morgan fingerprint density at radius 2 is 1.93 bits per heavy atom. The summed E-state index contributed by atoms with van der Waals surface area (Å²) in [7, 11) is 0. The Kier molecular flexibility index (Phi) is 6.81. The van der Waals surface area contributed by atoms with Crippen LogP contribution in [-0.4, -0.2) is 32.1 Å². The van der Waals surface area contributed by atoms with Crippen molar-refractivity contribution in [3.8, 4) is 0 Å². The van der Waals surface area contributed by atoms with Crippen LogP contribution >= 0.6 is 0 Å². The summed E-state index contributed by atoms with van der Waals surface area (Å²) in [5.74, 6) is -1.14. The van der Waals surface area contributed by atoms with Crippen molar-refractivity contribution in [2.45, 2.75) is 63.8 Å². The summed E-state index contributed by atoms with van der Waals surface area (Å²) >= 11 is -1.46. The van der Waals surface area contributed by atoms with E-state index >= 15 is 0 Å². The van der Waals surface area contributed by atoms with Gasteiger partial charge in [0.05, 0.1) is 16.9 Å². The number of benzene rings is 1. The summed E-state index contributed by atoms with van der Waals surface area (Å²) in [5, 5.41) is -0.226. The lowest BCUT2D eigenvalue weighted by molar-refractivity contribution is 0.0502. The van der Waals surface area contributed by atoms with E-state index in [1.807, 2.05) is 0 Å². The third kappa shape index (κ3) is 4.66. The van der Waals surface area contributed by atoms with Crippen molar-refractivity contribution in [3.05, 3.63) is 39.7 Å². The molecule has 1 aromatic heterocycles. The minimum atomic E-state index is -3.09. The van der Waals surface area contributed by atoms with E-state index < -0.39 is 40.1 Å². The smallest absolute Gasteiger partial charge is 0.322 e. The molecule has 0 spiro atoms. The molecule has 30 heavy (non-hydrogen) atoms. The number of fused-ring (bicyclic) bond motifs is 1. The second-order valence-corrected chi connectivity index (χ2v) is 10.4. The van der Waals surface area contributed by atoms with Crippen LogP contribution in [0.2, 0.25) is 0 Å². The number of hydrogen-bond acceptors (Lipinski definition) is 5. The molecule has 2 aromatic rings. The Hall–Kier alpha value is -1.62. The van der Waals surface area contributed by atoms with Crippen LogP contribution in [0.15, 0.2) is 16.9 Å². The van der Waals surface area contributed by atoms with Gasteiger partial charge in [0.25, 0.3) is 5.56 Å². The summed E-state index contributed by atoms with van der Waals surface area (Å²) in [6, 6.07) is 1.50. The molecule has 0 unspecified atom stereocenters. The molecule has 3 rings (SSSR count). The number of rotatable bonds is 5. The third-order valence-corrected chi connectivity index (χ3v) is 6.79. The van der Waals surface area contributed by atoms with Gasteiger partial charge in [0, 0.05) is 36.1 Å². The fraction of sp³-hybridized carbons (Fsp3) is 0.600. The molecule has 0 radical (unpaired) electrons. The Bertz CT molecular complexity index is 972. The predicted molar refractivity (Wildman–Crippen MR) is 109 cm³/mol. The van der Waals surface area contributed by atoms with Crippen molar-refractivity contribution < 1.29 is 22.5 Å². The molecule has 2 atom stereocenters. The number of hydrogen-bond donors (Lipinski definition) is 1. The van der Waals surface area contributed by atoms with E-state index in [9.17, 15) is 22.5 Å². The predicted octanol–water partition coefficient (Wildman–Crippen LogP) is 3.94. The molecule has 1 fully saturated rings. The molecular formula is C20H26F3N3O3S. The van der Waals surface area contributed by atoms with E-state index in [4.69, 9.17) is 4.74 Å². The second-order valence-electron chi connectivity index (χ2n) is 8.42. The molecule has 1 aliphatic rings. The standard InChI is InChI=1S/C20H26F3N3O3S/c1-11(25-30(28)20(2,3)4)14-9-13(21)10-15-16(14)24-17(12-5-7-29-8-6-12)26(18(15)27)19(22)23/h9-12,19,25H,5-8H2,1-4H3/t11-,30-/m1/s1. The molecule has 10 heteroatoms. The number of halogens is 3. The molecule has 6 nitrogen and oxygen atoms in total. The molecule has 0 saturated carbocycles.